The lowest BCUT2D eigenvalue weighted by Gasteiger charge is -2.32. The van der Waals surface area contributed by atoms with Gasteiger partial charge < -0.3 is 14.8 Å². The molecule has 0 unspecified atom stereocenters. The van der Waals surface area contributed by atoms with E-state index >= 15 is 0 Å². The van der Waals surface area contributed by atoms with E-state index in [1.165, 1.54) is 0 Å². The lowest BCUT2D eigenvalue weighted by Crippen LogP contribution is -2.49. The fraction of sp³-hybridized carbons (Fsp3) is 0.462. The molecule has 1 amide bonds. The lowest BCUT2D eigenvalue weighted by molar-refractivity contribution is 0.109. The van der Waals surface area contributed by atoms with Crippen molar-refractivity contribution in [3.8, 4) is 0 Å². The van der Waals surface area contributed by atoms with Crippen molar-refractivity contribution in [1.29, 1.82) is 0 Å². The van der Waals surface area contributed by atoms with Gasteiger partial charge in [0.05, 0.1) is 12.2 Å². The van der Waals surface area contributed by atoms with E-state index in [0.29, 0.717) is 6.61 Å². The predicted octanol–water partition coefficient (Wildman–Crippen LogP) is 1.84. The molecule has 4 heteroatoms. The van der Waals surface area contributed by atoms with Gasteiger partial charge in [0.25, 0.3) is 0 Å². The Morgan fingerprint density at radius 2 is 2.12 bits per heavy atom. The number of alkyl carbamates (subject to hydrolysis) is 1. The Labute approximate surface area is 99.9 Å². The van der Waals surface area contributed by atoms with Crippen LogP contribution in [0.25, 0.3) is 0 Å². The van der Waals surface area contributed by atoms with Crippen molar-refractivity contribution >= 4 is 6.09 Å². The fourth-order valence-electron chi connectivity index (χ4n) is 2.21. The lowest BCUT2D eigenvalue weighted by atomic mass is 9.80. The zero-order valence-corrected chi connectivity index (χ0v) is 9.52. The maximum atomic E-state index is 11.5. The molecule has 1 aromatic carbocycles. The van der Waals surface area contributed by atoms with Crippen molar-refractivity contribution in [2.75, 3.05) is 6.61 Å². The maximum Gasteiger partial charge on any atom is 0.407 e. The van der Waals surface area contributed by atoms with E-state index in [9.17, 15) is 4.79 Å². The fourth-order valence-corrected chi connectivity index (χ4v) is 2.21. The summed E-state index contributed by atoms with van der Waals surface area (Å²) in [6, 6.07) is 9.88. The first-order valence-corrected chi connectivity index (χ1v) is 5.87. The first-order chi connectivity index (χ1) is 8.26. The summed E-state index contributed by atoms with van der Waals surface area (Å²) in [6.07, 6.45) is 1.51. The monoisotopic (exact) mass is 233 g/mol. The molecule has 1 saturated carbocycles. The molecule has 3 rings (SSSR count). The zero-order chi connectivity index (χ0) is 11.7. The van der Waals surface area contributed by atoms with E-state index in [1.807, 2.05) is 30.3 Å². The second kappa shape index (κ2) is 4.04. The molecule has 2 fully saturated rings. The van der Waals surface area contributed by atoms with E-state index in [-0.39, 0.29) is 17.7 Å². The van der Waals surface area contributed by atoms with Crippen LogP contribution in [-0.2, 0) is 16.1 Å². The van der Waals surface area contributed by atoms with Crippen molar-refractivity contribution < 1.29 is 14.3 Å². The molecule has 4 nitrogen and oxygen atoms in total. The minimum absolute atomic E-state index is 0.122. The first kappa shape index (κ1) is 10.6. The third-order valence-electron chi connectivity index (χ3n) is 3.32. The Kier molecular flexibility index (Phi) is 2.52. The Morgan fingerprint density at radius 1 is 1.41 bits per heavy atom. The Hall–Kier alpha value is -1.55. The molecular weight excluding hydrogens is 218 g/mol. The van der Waals surface area contributed by atoms with Gasteiger partial charge in [0, 0.05) is 6.04 Å². The molecule has 90 valence electrons. The number of nitrogens with one attached hydrogen (secondary N) is 1. The summed E-state index contributed by atoms with van der Waals surface area (Å²) in [5.41, 5.74) is 1.12. The molecule has 1 spiro atoms. The van der Waals surface area contributed by atoms with Gasteiger partial charge in [0.1, 0.15) is 6.61 Å². The second-order valence-electron chi connectivity index (χ2n) is 4.78. The average Bonchev–Trinajstić information content (AvgIpc) is 3.08. The summed E-state index contributed by atoms with van der Waals surface area (Å²) >= 11 is 0. The van der Waals surface area contributed by atoms with Gasteiger partial charge in [-0.25, -0.2) is 4.79 Å². The van der Waals surface area contributed by atoms with Gasteiger partial charge in [-0.2, -0.15) is 0 Å². The Morgan fingerprint density at radius 3 is 2.76 bits per heavy atom. The van der Waals surface area contributed by atoms with Gasteiger partial charge in [0.15, 0.2) is 0 Å². The Balaban J connectivity index is 1.39. The molecule has 0 bridgehead atoms. The minimum atomic E-state index is -0.339. The van der Waals surface area contributed by atoms with E-state index in [4.69, 9.17) is 9.47 Å². The number of rotatable bonds is 3. The topological polar surface area (TPSA) is 50.9 Å². The van der Waals surface area contributed by atoms with E-state index < -0.39 is 0 Å². The van der Waals surface area contributed by atoms with E-state index in [1.54, 1.807) is 0 Å². The van der Waals surface area contributed by atoms with Crippen LogP contribution >= 0.6 is 0 Å². The van der Waals surface area contributed by atoms with Gasteiger partial charge in [0.2, 0.25) is 0 Å². The highest BCUT2D eigenvalue weighted by Gasteiger charge is 2.55. The highest BCUT2D eigenvalue weighted by Crippen LogP contribution is 2.46. The number of hydrogen-bond donors (Lipinski definition) is 1. The van der Waals surface area contributed by atoms with Crippen molar-refractivity contribution in [2.24, 2.45) is 0 Å². The number of amides is 1. The van der Waals surface area contributed by atoms with Gasteiger partial charge in [-0.3, -0.25) is 0 Å². The molecule has 0 atom stereocenters. The van der Waals surface area contributed by atoms with Crippen LogP contribution in [0.3, 0.4) is 0 Å². The standard InChI is InChI=1S/C13H15NO3/c15-12(14-11-6-13(7-11)9-17-13)16-8-10-4-2-1-3-5-10/h1-5,11H,6-9H2,(H,14,15)/t11-,13+. The van der Waals surface area contributed by atoms with Crippen molar-refractivity contribution in [3.05, 3.63) is 35.9 Å². The summed E-state index contributed by atoms with van der Waals surface area (Å²) in [4.78, 5) is 11.5. The number of ether oxygens (including phenoxy) is 2. The molecule has 0 radical (unpaired) electrons. The van der Waals surface area contributed by atoms with Crippen molar-refractivity contribution in [2.45, 2.75) is 31.1 Å². The van der Waals surface area contributed by atoms with Crippen LogP contribution in [-0.4, -0.2) is 24.3 Å². The van der Waals surface area contributed by atoms with Crippen LogP contribution in [0.4, 0.5) is 4.79 Å². The largest absolute Gasteiger partial charge is 0.445 e. The minimum Gasteiger partial charge on any atom is -0.445 e. The summed E-state index contributed by atoms with van der Waals surface area (Å²) in [5, 5.41) is 2.84. The summed E-state index contributed by atoms with van der Waals surface area (Å²) in [6.45, 7) is 1.17. The van der Waals surface area contributed by atoms with E-state index in [2.05, 4.69) is 5.32 Å². The summed E-state index contributed by atoms with van der Waals surface area (Å²) < 4.78 is 10.4. The molecule has 1 heterocycles. The smallest absolute Gasteiger partial charge is 0.407 e. The van der Waals surface area contributed by atoms with Crippen LogP contribution in [0.2, 0.25) is 0 Å². The van der Waals surface area contributed by atoms with Gasteiger partial charge in [-0.05, 0) is 18.4 Å². The molecule has 1 aliphatic carbocycles. The highest BCUT2D eigenvalue weighted by atomic mass is 16.6. The molecule has 1 N–H and O–H groups in total. The molecule has 0 aromatic heterocycles. The Bertz CT molecular complexity index is 406. The summed E-state index contributed by atoms with van der Waals surface area (Å²) in [5.74, 6) is 0. The van der Waals surface area contributed by atoms with E-state index in [0.717, 1.165) is 25.0 Å². The predicted molar refractivity (Wildman–Crippen MR) is 61.5 cm³/mol. The normalized spacial score (nSPS) is 29.5. The van der Waals surface area contributed by atoms with Gasteiger partial charge in [-0.15, -0.1) is 0 Å². The zero-order valence-electron chi connectivity index (χ0n) is 9.52. The number of hydrogen-bond acceptors (Lipinski definition) is 3. The third-order valence-corrected chi connectivity index (χ3v) is 3.32. The van der Waals surface area contributed by atoms with Gasteiger partial charge in [-0.1, -0.05) is 30.3 Å². The van der Waals surface area contributed by atoms with Crippen molar-refractivity contribution in [1.82, 2.24) is 5.32 Å². The maximum absolute atomic E-state index is 11.5. The van der Waals surface area contributed by atoms with Crippen LogP contribution < -0.4 is 5.32 Å². The molecule has 17 heavy (non-hydrogen) atoms. The molecule has 1 saturated heterocycles. The van der Waals surface area contributed by atoms with Crippen LogP contribution in [0, 0.1) is 0 Å². The quantitative estimate of drug-likeness (QED) is 0.810. The third kappa shape index (κ3) is 2.42. The number of epoxide rings is 1. The average molecular weight is 233 g/mol. The SMILES string of the molecule is O=C(N[C@H]1C[C@]2(CO2)C1)OCc1ccccc1. The highest BCUT2D eigenvalue weighted by molar-refractivity contribution is 5.67. The molecule has 1 aromatic rings. The second-order valence-corrected chi connectivity index (χ2v) is 4.78. The van der Waals surface area contributed by atoms with Crippen LogP contribution in [0.5, 0.6) is 0 Å². The summed E-state index contributed by atoms with van der Waals surface area (Å²) in [7, 11) is 0. The first-order valence-electron chi connectivity index (χ1n) is 5.87. The number of carbonyl (C=O) groups is 1. The molecular formula is C13H15NO3. The molecule has 2 aliphatic rings. The molecule has 1 aliphatic heterocycles. The number of carbonyl (C=O) groups excluding carboxylic acids is 1. The number of benzene rings is 1. The van der Waals surface area contributed by atoms with Crippen molar-refractivity contribution in [3.63, 3.8) is 0 Å². The van der Waals surface area contributed by atoms with Crippen LogP contribution in [0.1, 0.15) is 18.4 Å². The van der Waals surface area contributed by atoms with Gasteiger partial charge >= 0.3 is 6.09 Å². The van der Waals surface area contributed by atoms with Crippen LogP contribution in [0.15, 0.2) is 30.3 Å².